The van der Waals surface area contributed by atoms with E-state index in [0.29, 0.717) is 5.56 Å². The molecule has 1 saturated heterocycles. The minimum absolute atomic E-state index is 0.145. The van der Waals surface area contributed by atoms with Gasteiger partial charge >= 0.3 is 0 Å². The molecule has 1 amide bonds. The van der Waals surface area contributed by atoms with Crippen LogP contribution in [0.15, 0.2) is 54.6 Å². The van der Waals surface area contributed by atoms with Crippen LogP contribution in [0.1, 0.15) is 28.9 Å². The molecule has 144 valence electrons. The van der Waals surface area contributed by atoms with E-state index in [9.17, 15) is 4.79 Å². The zero-order valence-corrected chi connectivity index (χ0v) is 16.3. The van der Waals surface area contributed by atoms with Gasteiger partial charge in [-0.05, 0) is 56.2 Å². The number of carbonyl (C=O) groups excluding carboxylic acids is 1. The van der Waals surface area contributed by atoms with Crippen LogP contribution < -0.4 is 10.2 Å². The number of amides is 1. The second kappa shape index (κ2) is 7.98. The summed E-state index contributed by atoms with van der Waals surface area (Å²) in [6.45, 7) is 3.87. The van der Waals surface area contributed by atoms with Gasteiger partial charge in [0.15, 0.2) is 0 Å². The molecule has 1 atom stereocenters. The van der Waals surface area contributed by atoms with Crippen molar-refractivity contribution < 1.29 is 9.53 Å². The summed E-state index contributed by atoms with van der Waals surface area (Å²) in [6, 6.07) is 17.6. The van der Waals surface area contributed by atoms with Crippen molar-refractivity contribution in [3.63, 3.8) is 0 Å². The van der Waals surface area contributed by atoms with E-state index in [4.69, 9.17) is 4.74 Å². The van der Waals surface area contributed by atoms with Crippen molar-refractivity contribution in [3.05, 3.63) is 65.9 Å². The highest BCUT2D eigenvalue weighted by molar-refractivity contribution is 6.11. The Morgan fingerprint density at radius 3 is 2.75 bits per heavy atom. The van der Waals surface area contributed by atoms with Gasteiger partial charge < -0.3 is 15.0 Å². The summed E-state index contributed by atoms with van der Waals surface area (Å²) in [5.41, 5.74) is 4.15. The molecule has 28 heavy (non-hydrogen) atoms. The van der Waals surface area contributed by atoms with Crippen molar-refractivity contribution in [2.24, 2.45) is 0 Å². The van der Waals surface area contributed by atoms with Gasteiger partial charge in [0.05, 0.1) is 17.2 Å². The summed E-state index contributed by atoms with van der Waals surface area (Å²) in [5, 5.41) is 3.96. The van der Waals surface area contributed by atoms with E-state index in [0.717, 1.165) is 53.9 Å². The number of para-hydroxylation sites is 1. The molecule has 1 aromatic heterocycles. The highest BCUT2D eigenvalue weighted by Crippen LogP contribution is 2.24. The number of anilines is 2. The van der Waals surface area contributed by atoms with E-state index >= 15 is 0 Å². The van der Waals surface area contributed by atoms with Crippen molar-refractivity contribution >= 4 is 28.2 Å². The van der Waals surface area contributed by atoms with Gasteiger partial charge in [0.25, 0.3) is 5.91 Å². The van der Waals surface area contributed by atoms with Crippen molar-refractivity contribution in [1.29, 1.82) is 0 Å². The summed E-state index contributed by atoms with van der Waals surface area (Å²) in [6.07, 6.45) is 2.53. The molecule has 1 aliphatic rings. The van der Waals surface area contributed by atoms with Gasteiger partial charge in [0.1, 0.15) is 0 Å². The minimum atomic E-state index is -0.145. The third-order valence-corrected chi connectivity index (χ3v) is 5.31. The Morgan fingerprint density at radius 1 is 1.14 bits per heavy atom. The predicted molar refractivity (Wildman–Crippen MR) is 113 cm³/mol. The molecule has 2 aromatic carbocycles. The van der Waals surface area contributed by atoms with Gasteiger partial charge in [0.2, 0.25) is 0 Å². The first-order valence-corrected chi connectivity index (χ1v) is 9.69. The Hall–Kier alpha value is -2.92. The maximum atomic E-state index is 12.8. The van der Waals surface area contributed by atoms with Gasteiger partial charge in [-0.2, -0.15) is 0 Å². The second-order valence-corrected chi connectivity index (χ2v) is 7.28. The highest BCUT2D eigenvalue weighted by Gasteiger charge is 2.19. The van der Waals surface area contributed by atoms with Crippen LogP contribution in [-0.2, 0) is 4.74 Å². The van der Waals surface area contributed by atoms with E-state index < -0.39 is 0 Å². The maximum Gasteiger partial charge on any atom is 0.257 e. The molecule has 0 bridgehead atoms. The van der Waals surface area contributed by atoms with E-state index in [-0.39, 0.29) is 12.0 Å². The number of benzene rings is 2. The third-order valence-electron chi connectivity index (χ3n) is 5.31. The molecule has 5 heteroatoms. The highest BCUT2D eigenvalue weighted by atomic mass is 16.5. The molecular formula is C23H25N3O2. The smallest absolute Gasteiger partial charge is 0.257 e. The average Bonchev–Trinajstić information content (AvgIpc) is 2.73. The van der Waals surface area contributed by atoms with E-state index in [1.165, 1.54) is 0 Å². The number of ether oxygens (including phenoxy) is 1. The monoisotopic (exact) mass is 375 g/mol. The lowest BCUT2D eigenvalue weighted by Crippen LogP contribution is -2.39. The Balaban J connectivity index is 1.50. The molecule has 4 rings (SSSR count). The number of nitrogens with one attached hydrogen (secondary N) is 1. The third kappa shape index (κ3) is 3.85. The average molecular weight is 375 g/mol. The number of fused-ring (bicyclic) bond motifs is 1. The van der Waals surface area contributed by atoms with Gasteiger partial charge in [-0.3, -0.25) is 9.78 Å². The fourth-order valence-corrected chi connectivity index (χ4v) is 3.75. The summed E-state index contributed by atoms with van der Waals surface area (Å²) in [5.74, 6) is -0.145. The van der Waals surface area contributed by atoms with Gasteiger partial charge in [0, 0.05) is 42.7 Å². The Bertz CT molecular complexity index is 985. The number of piperidine rings is 1. The standard InChI is InChI=1S/C23H25N3O2/c1-16-8-9-17-5-3-7-21(22(17)24-16)23(27)25-18-10-12-19(13-11-18)26-14-4-6-20(15-26)28-2/h3,5,7-13,20H,4,6,14-15H2,1-2H3,(H,25,27). The molecule has 0 radical (unpaired) electrons. The molecule has 2 heterocycles. The lowest BCUT2D eigenvalue weighted by molar-refractivity contribution is 0.0893. The molecule has 5 nitrogen and oxygen atoms in total. The topological polar surface area (TPSA) is 54.5 Å². The van der Waals surface area contributed by atoms with Crippen LogP contribution in [0.2, 0.25) is 0 Å². The van der Waals surface area contributed by atoms with Gasteiger partial charge in [-0.15, -0.1) is 0 Å². The van der Waals surface area contributed by atoms with E-state index in [1.54, 1.807) is 7.11 Å². The fourth-order valence-electron chi connectivity index (χ4n) is 3.75. The number of rotatable bonds is 4. The summed E-state index contributed by atoms with van der Waals surface area (Å²) in [7, 11) is 1.77. The van der Waals surface area contributed by atoms with Crippen LogP contribution in [0.5, 0.6) is 0 Å². The molecule has 0 saturated carbocycles. The maximum absolute atomic E-state index is 12.8. The predicted octanol–water partition coefficient (Wildman–Crippen LogP) is 4.41. The van der Waals surface area contributed by atoms with Gasteiger partial charge in [-0.1, -0.05) is 18.2 Å². The van der Waals surface area contributed by atoms with Gasteiger partial charge in [-0.25, -0.2) is 0 Å². The minimum Gasteiger partial charge on any atom is -0.380 e. The first-order chi connectivity index (χ1) is 13.6. The number of pyridine rings is 1. The number of aryl methyl sites for hydroxylation is 1. The van der Waals surface area contributed by atoms with Crippen LogP contribution in [0.4, 0.5) is 11.4 Å². The first kappa shape index (κ1) is 18.4. The summed E-state index contributed by atoms with van der Waals surface area (Å²) in [4.78, 5) is 19.7. The molecule has 0 spiro atoms. The summed E-state index contributed by atoms with van der Waals surface area (Å²) >= 11 is 0. The zero-order valence-electron chi connectivity index (χ0n) is 16.3. The number of hydrogen-bond acceptors (Lipinski definition) is 4. The van der Waals surface area contributed by atoms with Crippen molar-refractivity contribution in [2.75, 3.05) is 30.4 Å². The number of methoxy groups -OCH3 is 1. The van der Waals surface area contributed by atoms with Crippen LogP contribution in [0.3, 0.4) is 0 Å². The Morgan fingerprint density at radius 2 is 1.96 bits per heavy atom. The lowest BCUT2D eigenvalue weighted by Gasteiger charge is -2.33. The first-order valence-electron chi connectivity index (χ1n) is 9.69. The Kier molecular flexibility index (Phi) is 5.26. The molecule has 1 unspecified atom stereocenters. The van der Waals surface area contributed by atoms with Crippen molar-refractivity contribution in [1.82, 2.24) is 4.98 Å². The molecule has 1 N–H and O–H groups in total. The van der Waals surface area contributed by atoms with Crippen molar-refractivity contribution in [2.45, 2.75) is 25.9 Å². The quantitative estimate of drug-likeness (QED) is 0.734. The second-order valence-electron chi connectivity index (χ2n) is 7.28. The fraction of sp³-hybridized carbons (Fsp3) is 0.304. The van der Waals surface area contributed by atoms with Crippen LogP contribution >= 0.6 is 0 Å². The van der Waals surface area contributed by atoms with Crippen molar-refractivity contribution in [3.8, 4) is 0 Å². The summed E-state index contributed by atoms with van der Waals surface area (Å²) < 4.78 is 5.51. The van der Waals surface area contributed by atoms with Crippen LogP contribution in [0.25, 0.3) is 10.9 Å². The SMILES string of the molecule is COC1CCCN(c2ccc(NC(=O)c3cccc4ccc(C)nc34)cc2)C1. The number of carbonyl (C=O) groups is 1. The molecular weight excluding hydrogens is 350 g/mol. The number of aromatic nitrogens is 1. The molecule has 1 aliphatic heterocycles. The normalized spacial score (nSPS) is 16.9. The largest absolute Gasteiger partial charge is 0.380 e. The zero-order chi connectivity index (χ0) is 19.5. The van der Waals surface area contributed by atoms with E-state index in [1.807, 2.05) is 49.4 Å². The number of hydrogen-bond donors (Lipinski definition) is 1. The van der Waals surface area contributed by atoms with E-state index in [2.05, 4.69) is 27.3 Å². The lowest BCUT2D eigenvalue weighted by atomic mass is 10.1. The van der Waals surface area contributed by atoms with Crippen LogP contribution in [-0.4, -0.2) is 37.2 Å². The molecule has 3 aromatic rings. The number of nitrogens with zero attached hydrogens (tertiary/aromatic N) is 2. The Labute approximate surface area is 165 Å². The molecule has 1 fully saturated rings. The van der Waals surface area contributed by atoms with Crippen LogP contribution in [0, 0.1) is 6.92 Å². The molecule has 0 aliphatic carbocycles.